The van der Waals surface area contributed by atoms with Gasteiger partial charge in [-0.1, -0.05) is 34.8 Å². The van der Waals surface area contributed by atoms with Crippen LogP contribution in [-0.2, 0) is 9.53 Å². The van der Waals surface area contributed by atoms with Crippen LogP contribution in [0.25, 0.3) is 0 Å². The first-order valence-electron chi connectivity index (χ1n) is 7.45. The molecule has 0 fully saturated rings. The number of benzene rings is 2. The Hall–Kier alpha value is -2.15. The van der Waals surface area contributed by atoms with Gasteiger partial charge in [-0.05, 0) is 30.3 Å². The maximum atomic E-state index is 12.2. The molecule has 0 spiro atoms. The summed E-state index contributed by atoms with van der Waals surface area (Å²) in [7, 11) is 0. The number of hydrogen-bond acceptors (Lipinski definition) is 5. The predicted octanol–water partition coefficient (Wildman–Crippen LogP) is 4.21. The molecule has 1 aliphatic rings. The molecule has 1 aliphatic heterocycles. The van der Waals surface area contributed by atoms with Gasteiger partial charge in [0, 0.05) is 5.02 Å². The van der Waals surface area contributed by atoms with E-state index in [1.165, 1.54) is 18.2 Å². The minimum atomic E-state index is -0.726. The molecule has 0 aliphatic carbocycles. The minimum Gasteiger partial charge on any atom is -0.486 e. The smallest absolute Gasteiger partial charge is 0.338 e. The van der Waals surface area contributed by atoms with Crippen LogP contribution in [0.5, 0.6) is 11.5 Å². The van der Waals surface area contributed by atoms with Gasteiger partial charge in [0.05, 0.1) is 21.3 Å². The summed E-state index contributed by atoms with van der Waals surface area (Å²) < 4.78 is 15.8. The van der Waals surface area contributed by atoms with Crippen molar-refractivity contribution in [1.29, 1.82) is 0 Å². The van der Waals surface area contributed by atoms with Crippen molar-refractivity contribution in [3.63, 3.8) is 0 Å². The van der Waals surface area contributed by atoms with Crippen molar-refractivity contribution in [1.82, 2.24) is 0 Å². The van der Waals surface area contributed by atoms with E-state index in [4.69, 9.17) is 49.0 Å². The van der Waals surface area contributed by atoms with Gasteiger partial charge in [0.15, 0.2) is 18.1 Å². The minimum absolute atomic E-state index is 0.146. The molecule has 0 bridgehead atoms. The van der Waals surface area contributed by atoms with E-state index in [1.807, 2.05) is 0 Å². The Bertz CT molecular complexity index is 872. The Morgan fingerprint density at radius 2 is 1.81 bits per heavy atom. The van der Waals surface area contributed by atoms with Gasteiger partial charge < -0.3 is 19.5 Å². The summed E-state index contributed by atoms with van der Waals surface area (Å²) in [6, 6.07) is 7.47. The Morgan fingerprint density at radius 1 is 1.04 bits per heavy atom. The van der Waals surface area contributed by atoms with Crippen molar-refractivity contribution in [2.24, 2.45) is 0 Å². The number of halogens is 3. The lowest BCUT2D eigenvalue weighted by Gasteiger charge is -2.19. The van der Waals surface area contributed by atoms with Crippen LogP contribution in [0.2, 0.25) is 15.1 Å². The third-order valence-corrected chi connectivity index (χ3v) is 4.21. The van der Waals surface area contributed by atoms with Crippen LogP contribution in [0, 0.1) is 0 Å². The lowest BCUT2D eigenvalue weighted by atomic mass is 10.2. The fraction of sp³-hybridized carbons (Fsp3) is 0.176. The highest BCUT2D eigenvalue weighted by atomic mass is 35.5. The monoisotopic (exact) mass is 415 g/mol. The summed E-state index contributed by atoms with van der Waals surface area (Å²) in [6.45, 7) is 0.223. The van der Waals surface area contributed by atoms with Gasteiger partial charge >= 0.3 is 5.97 Å². The highest BCUT2D eigenvalue weighted by Gasteiger charge is 2.20. The number of amides is 1. The van der Waals surface area contributed by atoms with Gasteiger partial charge in [0.1, 0.15) is 13.2 Å². The predicted molar refractivity (Wildman–Crippen MR) is 97.8 cm³/mol. The molecule has 0 aromatic heterocycles. The van der Waals surface area contributed by atoms with Crippen molar-refractivity contribution >= 4 is 52.4 Å². The zero-order valence-corrected chi connectivity index (χ0v) is 15.5. The van der Waals surface area contributed by atoms with Crippen molar-refractivity contribution in [2.45, 2.75) is 0 Å². The summed E-state index contributed by atoms with van der Waals surface area (Å²) in [5, 5.41) is 3.46. The van der Waals surface area contributed by atoms with Crippen LogP contribution in [0.1, 0.15) is 10.4 Å². The molecular weight excluding hydrogens is 405 g/mol. The normalized spacial score (nSPS) is 12.4. The maximum absolute atomic E-state index is 12.2. The number of nitrogens with one attached hydrogen (secondary N) is 1. The molecule has 0 atom stereocenters. The second-order valence-corrected chi connectivity index (χ2v) is 6.48. The number of esters is 1. The molecule has 2 aromatic rings. The molecule has 2 aromatic carbocycles. The average molecular weight is 417 g/mol. The van der Waals surface area contributed by atoms with E-state index in [9.17, 15) is 9.59 Å². The van der Waals surface area contributed by atoms with Gasteiger partial charge in [-0.25, -0.2) is 4.79 Å². The van der Waals surface area contributed by atoms with Crippen LogP contribution in [-0.4, -0.2) is 31.7 Å². The van der Waals surface area contributed by atoms with E-state index < -0.39 is 18.5 Å². The van der Waals surface area contributed by atoms with E-state index in [1.54, 1.807) is 12.1 Å². The Morgan fingerprint density at radius 3 is 2.62 bits per heavy atom. The maximum Gasteiger partial charge on any atom is 0.338 e. The number of carbonyl (C=O) groups excluding carboxylic acids is 2. The van der Waals surface area contributed by atoms with Crippen molar-refractivity contribution < 1.29 is 23.8 Å². The number of ether oxygens (including phenoxy) is 3. The Labute approximate surface area is 163 Å². The molecule has 9 heteroatoms. The van der Waals surface area contributed by atoms with Crippen LogP contribution in [0.3, 0.4) is 0 Å². The van der Waals surface area contributed by atoms with Crippen LogP contribution in [0.15, 0.2) is 30.3 Å². The van der Waals surface area contributed by atoms with Gasteiger partial charge in [0.25, 0.3) is 5.91 Å². The van der Waals surface area contributed by atoms with Gasteiger partial charge in [-0.15, -0.1) is 0 Å². The number of carbonyl (C=O) groups is 2. The van der Waals surface area contributed by atoms with E-state index in [2.05, 4.69) is 5.32 Å². The molecule has 136 valence electrons. The van der Waals surface area contributed by atoms with Crippen molar-refractivity contribution in [3.05, 3.63) is 51.0 Å². The molecule has 26 heavy (non-hydrogen) atoms. The molecule has 3 rings (SSSR count). The quantitative estimate of drug-likeness (QED) is 0.756. The first-order valence-corrected chi connectivity index (χ1v) is 8.58. The van der Waals surface area contributed by atoms with Crippen LogP contribution in [0.4, 0.5) is 5.69 Å². The van der Waals surface area contributed by atoms with E-state index >= 15 is 0 Å². The third kappa shape index (κ3) is 4.33. The van der Waals surface area contributed by atoms with Gasteiger partial charge in [0.2, 0.25) is 0 Å². The molecule has 0 radical (unpaired) electrons. The zero-order chi connectivity index (χ0) is 18.7. The first kappa shape index (κ1) is 18.6. The van der Waals surface area contributed by atoms with Crippen molar-refractivity contribution in [2.75, 3.05) is 25.1 Å². The van der Waals surface area contributed by atoms with Gasteiger partial charge in [-0.3, -0.25) is 4.79 Å². The number of hydrogen-bond donors (Lipinski definition) is 1. The SMILES string of the molecule is O=C(COC(=O)c1cc(Cl)c2c(c1)OCCO2)Nc1cc(Cl)ccc1Cl. The fourth-order valence-electron chi connectivity index (χ4n) is 2.22. The molecular formula is C17H12Cl3NO5. The molecule has 0 saturated heterocycles. The van der Waals surface area contributed by atoms with Crippen molar-refractivity contribution in [3.8, 4) is 11.5 Å². The highest BCUT2D eigenvalue weighted by Crippen LogP contribution is 2.38. The lowest BCUT2D eigenvalue weighted by Crippen LogP contribution is -2.21. The fourth-order valence-corrected chi connectivity index (χ4v) is 2.82. The van der Waals surface area contributed by atoms with Crippen LogP contribution >= 0.6 is 34.8 Å². The Balaban J connectivity index is 1.62. The highest BCUT2D eigenvalue weighted by molar-refractivity contribution is 6.35. The summed E-state index contributed by atoms with van der Waals surface area (Å²) in [6.07, 6.45) is 0. The third-order valence-electron chi connectivity index (χ3n) is 3.37. The van der Waals surface area contributed by atoms with Gasteiger partial charge in [-0.2, -0.15) is 0 Å². The summed E-state index contributed by atoms with van der Waals surface area (Å²) in [5.74, 6) is -0.559. The molecule has 1 heterocycles. The lowest BCUT2D eigenvalue weighted by molar-refractivity contribution is -0.119. The van der Waals surface area contributed by atoms with E-state index in [0.29, 0.717) is 40.4 Å². The Kier molecular flexibility index (Phi) is 5.76. The zero-order valence-electron chi connectivity index (χ0n) is 13.2. The topological polar surface area (TPSA) is 73.9 Å². The molecule has 1 amide bonds. The van der Waals surface area contributed by atoms with Crippen LogP contribution < -0.4 is 14.8 Å². The average Bonchev–Trinajstić information content (AvgIpc) is 2.62. The summed E-state index contributed by atoms with van der Waals surface area (Å²) in [4.78, 5) is 24.1. The summed E-state index contributed by atoms with van der Waals surface area (Å²) in [5.41, 5.74) is 0.468. The molecule has 6 nitrogen and oxygen atoms in total. The molecule has 0 unspecified atom stereocenters. The van der Waals surface area contributed by atoms with E-state index in [0.717, 1.165) is 0 Å². The summed E-state index contributed by atoms with van der Waals surface area (Å²) >= 11 is 17.9. The number of anilines is 1. The second-order valence-electron chi connectivity index (χ2n) is 5.23. The second kappa shape index (κ2) is 8.03. The molecule has 0 saturated carbocycles. The molecule has 1 N–H and O–H groups in total. The number of fused-ring (bicyclic) bond motifs is 1. The number of rotatable bonds is 4. The first-order chi connectivity index (χ1) is 12.4. The standard InChI is InChI=1S/C17H12Cl3NO5/c18-10-1-2-11(19)13(7-10)21-15(22)8-26-17(23)9-5-12(20)16-14(6-9)24-3-4-25-16/h1-2,5-7H,3-4,8H2,(H,21,22). The van der Waals surface area contributed by atoms with E-state index in [-0.39, 0.29) is 10.6 Å². The largest absolute Gasteiger partial charge is 0.486 e.